The molecule has 1 atom stereocenters. The topological polar surface area (TPSA) is 110 Å². The number of aryl methyl sites for hydroxylation is 2. The number of anilines is 1. The normalized spacial score (nSPS) is 18.0. The molecule has 0 bridgehead atoms. The van der Waals surface area contributed by atoms with E-state index in [2.05, 4.69) is 19.9 Å². The van der Waals surface area contributed by atoms with E-state index >= 15 is 0 Å². The highest BCUT2D eigenvalue weighted by molar-refractivity contribution is 7.89. The first-order chi connectivity index (χ1) is 13.2. The van der Waals surface area contributed by atoms with Crippen LogP contribution in [0, 0.1) is 13.8 Å². The van der Waals surface area contributed by atoms with Gasteiger partial charge in [-0.2, -0.15) is 5.10 Å². The maximum Gasteiger partial charge on any atom is 0.267 e. The van der Waals surface area contributed by atoms with E-state index in [-0.39, 0.29) is 34.8 Å². The second-order valence-corrected chi connectivity index (χ2v) is 9.12. The zero-order valence-corrected chi connectivity index (χ0v) is 17.5. The molecule has 0 spiro atoms. The summed E-state index contributed by atoms with van der Waals surface area (Å²) in [4.78, 5) is 14.2. The molecular weight excluding hydrogens is 382 g/mol. The standard InChI is InChI=1S/C18H27N5O4S/c1-12(2)23-17(24)9-8-16(20-23)22-10-6-5-7-15(22)11-19-28(25,26)18-13(3)21-27-14(18)4/h8-9,12,15,19H,5-7,10-11H2,1-4H3. The summed E-state index contributed by atoms with van der Waals surface area (Å²) in [5.41, 5.74) is 0.197. The number of hydrogen-bond donors (Lipinski definition) is 1. The van der Waals surface area contributed by atoms with Crippen molar-refractivity contribution in [3.05, 3.63) is 33.9 Å². The summed E-state index contributed by atoms with van der Waals surface area (Å²) in [7, 11) is -3.72. The monoisotopic (exact) mass is 409 g/mol. The molecule has 1 aliphatic rings. The highest BCUT2D eigenvalue weighted by Crippen LogP contribution is 2.24. The van der Waals surface area contributed by atoms with E-state index in [1.807, 2.05) is 13.8 Å². The van der Waals surface area contributed by atoms with E-state index in [4.69, 9.17) is 4.52 Å². The van der Waals surface area contributed by atoms with Gasteiger partial charge in [-0.25, -0.2) is 17.8 Å². The van der Waals surface area contributed by atoms with Gasteiger partial charge in [0, 0.05) is 25.2 Å². The second kappa shape index (κ2) is 8.04. The Labute approximate surface area is 164 Å². The lowest BCUT2D eigenvalue weighted by atomic mass is 10.0. The Hall–Kier alpha value is -2.20. The number of piperidine rings is 1. The van der Waals surface area contributed by atoms with Crippen molar-refractivity contribution in [1.29, 1.82) is 0 Å². The van der Waals surface area contributed by atoms with E-state index < -0.39 is 10.0 Å². The van der Waals surface area contributed by atoms with Crippen LogP contribution in [0.25, 0.3) is 0 Å². The van der Waals surface area contributed by atoms with Gasteiger partial charge in [-0.05, 0) is 53.0 Å². The minimum Gasteiger partial charge on any atom is -0.360 e. The summed E-state index contributed by atoms with van der Waals surface area (Å²) in [6, 6.07) is 3.13. The molecule has 3 heterocycles. The van der Waals surface area contributed by atoms with Gasteiger partial charge in [0.2, 0.25) is 10.0 Å². The third-order valence-electron chi connectivity index (χ3n) is 4.97. The largest absolute Gasteiger partial charge is 0.360 e. The van der Waals surface area contributed by atoms with Crippen LogP contribution in [0.5, 0.6) is 0 Å². The third-order valence-corrected chi connectivity index (χ3v) is 6.63. The molecular formula is C18H27N5O4S. The molecule has 0 saturated carbocycles. The van der Waals surface area contributed by atoms with E-state index in [1.165, 1.54) is 10.7 Å². The first-order valence-electron chi connectivity index (χ1n) is 9.49. The van der Waals surface area contributed by atoms with E-state index in [9.17, 15) is 13.2 Å². The molecule has 0 aliphatic carbocycles. The van der Waals surface area contributed by atoms with Gasteiger partial charge < -0.3 is 9.42 Å². The Morgan fingerprint density at radius 2 is 2.04 bits per heavy atom. The Balaban J connectivity index is 1.81. The number of nitrogens with one attached hydrogen (secondary N) is 1. The van der Waals surface area contributed by atoms with Crippen molar-refractivity contribution < 1.29 is 12.9 Å². The number of sulfonamides is 1. The van der Waals surface area contributed by atoms with Crippen molar-refractivity contribution in [2.45, 2.75) is 63.9 Å². The Morgan fingerprint density at radius 3 is 2.68 bits per heavy atom. The molecule has 3 rings (SSSR count). The van der Waals surface area contributed by atoms with E-state index in [0.29, 0.717) is 11.5 Å². The average Bonchev–Trinajstić information content (AvgIpc) is 3.00. The molecule has 10 heteroatoms. The number of rotatable bonds is 6. The van der Waals surface area contributed by atoms with Gasteiger partial charge in [-0.1, -0.05) is 5.16 Å². The fraction of sp³-hybridized carbons (Fsp3) is 0.611. The lowest BCUT2D eigenvalue weighted by Crippen LogP contribution is -2.47. The molecule has 28 heavy (non-hydrogen) atoms. The first kappa shape index (κ1) is 20.5. The molecule has 0 aromatic carbocycles. The summed E-state index contributed by atoms with van der Waals surface area (Å²) >= 11 is 0. The predicted octanol–water partition coefficient (Wildman–Crippen LogP) is 1.77. The zero-order chi connectivity index (χ0) is 20.5. The smallest absolute Gasteiger partial charge is 0.267 e. The number of hydrogen-bond acceptors (Lipinski definition) is 7. The quantitative estimate of drug-likeness (QED) is 0.774. The Kier molecular flexibility index (Phi) is 5.90. The van der Waals surface area contributed by atoms with Crippen molar-refractivity contribution >= 4 is 15.8 Å². The first-order valence-corrected chi connectivity index (χ1v) is 11.0. The summed E-state index contributed by atoms with van der Waals surface area (Å²) < 4.78 is 34.6. The maximum absolute atomic E-state index is 12.7. The molecule has 1 saturated heterocycles. The zero-order valence-electron chi connectivity index (χ0n) is 16.7. The molecule has 154 valence electrons. The van der Waals surface area contributed by atoms with Gasteiger partial charge in [-0.3, -0.25) is 4.79 Å². The lowest BCUT2D eigenvalue weighted by molar-refractivity contribution is 0.390. The number of aromatic nitrogens is 3. The van der Waals surface area contributed by atoms with Gasteiger partial charge in [0.05, 0.1) is 6.04 Å². The van der Waals surface area contributed by atoms with Crippen molar-refractivity contribution in [2.24, 2.45) is 0 Å². The van der Waals surface area contributed by atoms with Gasteiger partial charge in [0.15, 0.2) is 5.76 Å². The summed E-state index contributed by atoms with van der Waals surface area (Å²) in [5, 5.41) is 8.22. The van der Waals surface area contributed by atoms with Gasteiger partial charge >= 0.3 is 0 Å². The van der Waals surface area contributed by atoms with Crippen LogP contribution < -0.4 is 15.2 Å². The molecule has 2 aromatic heterocycles. The number of nitrogens with zero attached hydrogens (tertiary/aromatic N) is 4. The minimum absolute atomic E-state index is 0.0467. The van der Waals surface area contributed by atoms with Crippen molar-refractivity contribution in [2.75, 3.05) is 18.0 Å². The Morgan fingerprint density at radius 1 is 1.29 bits per heavy atom. The lowest BCUT2D eigenvalue weighted by Gasteiger charge is -2.36. The molecule has 1 N–H and O–H groups in total. The maximum atomic E-state index is 12.7. The van der Waals surface area contributed by atoms with Crippen molar-refractivity contribution in [1.82, 2.24) is 19.7 Å². The van der Waals surface area contributed by atoms with Crippen LogP contribution in [0.3, 0.4) is 0 Å². The SMILES string of the molecule is Cc1noc(C)c1S(=O)(=O)NCC1CCCCN1c1ccc(=O)n(C(C)C)n1. The van der Waals surface area contributed by atoms with Crippen LogP contribution in [0.1, 0.15) is 50.6 Å². The van der Waals surface area contributed by atoms with Crippen LogP contribution in [0.15, 0.2) is 26.3 Å². The molecule has 0 amide bonds. The van der Waals surface area contributed by atoms with Gasteiger partial charge in [0.1, 0.15) is 16.4 Å². The molecule has 1 fully saturated rings. The average molecular weight is 410 g/mol. The van der Waals surface area contributed by atoms with Gasteiger partial charge in [-0.15, -0.1) is 0 Å². The van der Waals surface area contributed by atoms with Crippen molar-refractivity contribution in [3.8, 4) is 0 Å². The van der Waals surface area contributed by atoms with Gasteiger partial charge in [0.25, 0.3) is 5.56 Å². The summed E-state index contributed by atoms with van der Waals surface area (Å²) in [6.07, 6.45) is 2.85. The summed E-state index contributed by atoms with van der Waals surface area (Å²) in [6.45, 7) is 8.01. The molecule has 0 radical (unpaired) electrons. The molecule has 1 aliphatic heterocycles. The third kappa shape index (κ3) is 4.12. The highest BCUT2D eigenvalue weighted by atomic mass is 32.2. The Bertz CT molecular complexity index is 976. The highest BCUT2D eigenvalue weighted by Gasteiger charge is 2.29. The second-order valence-electron chi connectivity index (χ2n) is 7.42. The fourth-order valence-electron chi connectivity index (χ4n) is 3.59. The van der Waals surface area contributed by atoms with Crippen molar-refractivity contribution in [3.63, 3.8) is 0 Å². The molecule has 9 nitrogen and oxygen atoms in total. The van der Waals surface area contributed by atoms with E-state index in [0.717, 1.165) is 25.8 Å². The molecule has 2 aromatic rings. The summed E-state index contributed by atoms with van der Waals surface area (Å²) in [5.74, 6) is 0.964. The predicted molar refractivity (Wildman–Crippen MR) is 105 cm³/mol. The van der Waals surface area contributed by atoms with Crippen LogP contribution >= 0.6 is 0 Å². The van der Waals surface area contributed by atoms with Crippen LogP contribution in [0.4, 0.5) is 5.82 Å². The molecule has 1 unspecified atom stereocenters. The van der Waals surface area contributed by atoms with Crippen LogP contribution in [0.2, 0.25) is 0 Å². The van der Waals surface area contributed by atoms with E-state index in [1.54, 1.807) is 19.9 Å². The van der Waals surface area contributed by atoms with Crippen LogP contribution in [-0.2, 0) is 10.0 Å². The fourth-order valence-corrected chi connectivity index (χ4v) is 4.99. The van der Waals surface area contributed by atoms with Crippen LogP contribution in [-0.4, -0.2) is 42.5 Å². The minimum atomic E-state index is -3.72.